The van der Waals surface area contributed by atoms with Gasteiger partial charge in [-0.1, -0.05) is 29.8 Å². The van der Waals surface area contributed by atoms with E-state index in [9.17, 15) is 9.59 Å². The molecule has 3 rings (SSSR count). The first kappa shape index (κ1) is 18.0. The molecule has 2 aliphatic heterocycles. The Morgan fingerprint density at radius 3 is 2.78 bits per heavy atom. The molecule has 126 valence electrons. The van der Waals surface area contributed by atoms with Gasteiger partial charge in [0.05, 0.1) is 6.04 Å². The Hall–Kier alpha value is -1.30. The third-order valence-corrected chi connectivity index (χ3v) is 4.73. The number of piperazine rings is 1. The number of nitrogens with one attached hydrogen (secondary N) is 2. The predicted octanol–water partition coefficient (Wildman–Crippen LogP) is 1.76. The monoisotopic (exact) mass is 357 g/mol. The summed E-state index contributed by atoms with van der Waals surface area (Å²) in [5.41, 5.74) is 0.963. The highest BCUT2D eigenvalue weighted by atomic mass is 35.5. The molecule has 2 fully saturated rings. The molecule has 23 heavy (non-hydrogen) atoms. The van der Waals surface area contributed by atoms with Gasteiger partial charge >= 0.3 is 0 Å². The zero-order valence-electron chi connectivity index (χ0n) is 12.8. The second-order valence-corrected chi connectivity index (χ2v) is 6.22. The molecular weight excluding hydrogens is 337 g/mol. The van der Waals surface area contributed by atoms with E-state index in [2.05, 4.69) is 10.6 Å². The molecule has 2 amide bonds. The van der Waals surface area contributed by atoms with Crippen LogP contribution >= 0.6 is 24.0 Å². The summed E-state index contributed by atoms with van der Waals surface area (Å²) in [5, 5.41) is 6.78. The maximum atomic E-state index is 12.9. The summed E-state index contributed by atoms with van der Waals surface area (Å²) < 4.78 is 0. The van der Waals surface area contributed by atoms with Gasteiger partial charge in [-0.25, -0.2) is 0 Å². The van der Waals surface area contributed by atoms with E-state index in [4.69, 9.17) is 11.6 Å². The quantitative estimate of drug-likeness (QED) is 0.847. The van der Waals surface area contributed by atoms with Gasteiger partial charge in [0.25, 0.3) is 0 Å². The van der Waals surface area contributed by atoms with Crippen LogP contribution < -0.4 is 10.6 Å². The van der Waals surface area contributed by atoms with Crippen LogP contribution in [0.5, 0.6) is 0 Å². The second kappa shape index (κ2) is 7.99. The molecule has 2 N–H and O–H groups in total. The first-order chi connectivity index (χ1) is 10.7. The van der Waals surface area contributed by atoms with Crippen molar-refractivity contribution >= 4 is 35.8 Å². The van der Waals surface area contributed by atoms with Gasteiger partial charge in [0.2, 0.25) is 11.8 Å². The highest BCUT2D eigenvalue weighted by molar-refractivity contribution is 6.31. The van der Waals surface area contributed by atoms with Crippen molar-refractivity contribution in [3.63, 3.8) is 0 Å². The van der Waals surface area contributed by atoms with E-state index in [0.29, 0.717) is 31.1 Å². The van der Waals surface area contributed by atoms with Crippen molar-refractivity contribution < 1.29 is 9.59 Å². The Bertz CT molecular complexity index is 582. The summed E-state index contributed by atoms with van der Waals surface area (Å²) in [6, 6.07) is 7.57. The number of benzene rings is 1. The van der Waals surface area contributed by atoms with Gasteiger partial charge in [0.15, 0.2) is 0 Å². The van der Waals surface area contributed by atoms with Crippen LogP contribution in [0.2, 0.25) is 5.02 Å². The molecule has 0 saturated carbocycles. The smallest absolute Gasteiger partial charge is 0.226 e. The number of hydrogen-bond acceptors (Lipinski definition) is 3. The molecule has 1 aromatic rings. The van der Waals surface area contributed by atoms with Crippen molar-refractivity contribution in [1.29, 1.82) is 0 Å². The van der Waals surface area contributed by atoms with Crippen LogP contribution in [-0.2, 0) is 9.59 Å². The molecular formula is C16H21Cl2N3O2. The lowest BCUT2D eigenvalue weighted by Crippen LogP contribution is -2.52. The Balaban J connectivity index is 0.00000192. The molecule has 0 spiro atoms. The molecule has 2 aliphatic rings. The highest BCUT2D eigenvalue weighted by Gasteiger charge is 2.35. The zero-order valence-corrected chi connectivity index (χ0v) is 14.3. The standard InChI is InChI=1S/C16H20ClN3O2.ClH/c17-13-4-2-1-3-12(13)14-10-18-7-8-20(14)16(22)11-5-6-19-15(21)9-11;/h1-4,11,14,18H,5-10H2,(H,19,21);1H. The van der Waals surface area contributed by atoms with Gasteiger partial charge in [0, 0.05) is 43.5 Å². The molecule has 0 aliphatic carbocycles. The number of carbonyl (C=O) groups excluding carboxylic acids is 2. The number of rotatable bonds is 2. The van der Waals surface area contributed by atoms with E-state index in [1.807, 2.05) is 29.2 Å². The Morgan fingerprint density at radius 2 is 2.04 bits per heavy atom. The van der Waals surface area contributed by atoms with E-state index < -0.39 is 0 Å². The van der Waals surface area contributed by atoms with Crippen LogP contribution in [0.4, 0.5) is 0 Å². The summed E-state index contributed by atoms with van der Waals surface area (Å²) >= 11 is 6.31. The molecule has 2 unspecified atom stereocenters. The van der Waals surface area contributed by atoms with Crippen molar-refractivity contribution in [1.82, 2.24) is 15.5 Å². The minimum atomic E-state index is -0.211. The molecule has 7 heteroatoms. The van der Waals surface area contributed by atoms with Crippen LogP contribution in [0.15, 0.2) is 24.3 Å². The minimum Gasteiger partial charge on any atom is -0.356 e. The van der Waals surface area contributed by atoms with Gasteiger partial charge in [0.1, 0.15) is 0 Å². The fraction of sp³-hybridized carbons (Fsp3) is 0.500. The Morgan fingerprint density at radius 1 is 1.26 bits per heavy atom. The van der Waals surface area contributed by atoms with E-state index in [-0.39, 0.29) is 42.6 Å². The summed E-state index contributed by atoms with van der Waals surface area (Å²) in [6.45, 7) is 2.69. The maximum Gasteiger partial charge on any atom is 0.226 e. The molecule has 0 aromatic heterocycles. The van der Waals surface area contributed by atoms with E-state index in [0.717, 1.165) is 12.1 Å². The highest BCUT2D eigenvalue weighted by Crippen LogP contribution is 2.30. The summed E-state index contributed by atoms with van der Waals surface area (Å²) in [4.78, 5) is 26.3. The molecule has 2 atom stereocenters. The van der Waals surface area contributed by atoms with Gasteiger partial charge in [-0.2, -0.15) is 0 Å². The third-order valence-electron chi connectivity index (χ3n) is 4.39. The van der Waals surface area contributed by atoms with E-state index >= 15 is 0 Å². The van der Waals surface area contributed by atoms with Crippen molar-refractivity contribution in [2.45, 2.75) is 18.9 Å². The predicted molar refractivity (Wildman–Crippen MR) is 91.8 cm³/mol. The first-order valence-corrected chi connectivity index (χ1v) is 8.07. The summed E-state index contributed by atoms with van der Waals surface area (Å²) in [6.07, 6.45) is 1.00. The fourth-order valence-corrected chi connectivity index (χ4v) is 3.48. The van der Waals surface area contributed by atoms with Crippen LogP contribution in [0.1, 0.15) is 24.4 Å². The number of halogens is 2. The van der Waals surface area contributed by atoms with Crippen LogP contribution in [0, 0.1) is 5.92 Å². The fourth-order valence-electron chi connectivity index (χ4n) is 3.22. The largest absolute Gasteiger partial charge is 0.356 e. The van der Waals surface area contributed by atoms with Crippen molar-refractivity contribution in [3.05, 3.63) is 34.9 Å². The molecule has 1 aromatic carbocycles. The molecule has 0 radical (unpaired) electrons. The normalized spacial score (nSPS) is 24.6. The van der Waals surface area contributed by atoms with Crippen molar-refractivity contribution in [2.24, 2.45) is 5.92 Å². The van der Waals surface area contributed by atoms with Crippen LogP contribution in [0.25, 0.3) is 0 Å². The molecule has 5 nitrogen and oxygen atoms in total. The Kier molecular flexibility index (Phi) is 6.27. The second-order valence-electron chi connectivity index (χ2n) is 5.81. The average Bonchev–Trinajstić information content (AvgIpc) is 2.55. The van der Waals surface area contributed by atoms with E-state index in [1.165, 1.54) is 0 Å². The molecule has 0 bridgehead atoms. The Labute approximate surface area is 147 Å². The number of piperidine rings is 1. The van der Waals surface area contributed by atoms with Crippen molar-refractivity contribution in [3.8, 4) is 0 Å². The number of carbonyl (C=O) groups is 2. The average molecular weight is 358 g/mol. The molecule has 2 saturated heterocycles. The van der Waals surface area contributed by atoms with Gasteiger partial charge in [-0.05, 0) is 18.1 Å². The lowest BCUT2D eigenvalue weighted by molar-refractivity contribution is -0.143. The SMILES string of the molecule is Cl.O=C1CC(C(=O)N2CCNCC2c2ccccc2Cl)CCN1. The lowest BCUT2D eigenvalue weighted by atomic mass is 9.93. The minimum absolute atomic E-state index is 0. The number of hydrogen-bond donors (Lipinski definition) is 2. The summed E-state index contributed by atoms with van der Waals surface area (Å²) in [7, 11) is 0. The topological polar surface area (TPSA) is 61.4 Å². The van der Waals surface area contributed by atoms with Gasteiger partial charge in [-0.3, -0.25) is 9.59 Å². The molecule has 2 heterocycles. The van der Waals surface area contributed by atoms with Crippen molar-refractivity contribution in [2.75, 3.05) is 26.2 Å². The van der Waals surface area contributed by atoms with Gasteiger partial charge < -0.3 is 15.5 Å². The lowest BCUT2D eigenvalue weighted by Gasteiger charge is -2.39. The van der Waals surface area contributed by atoms with E-state index in [1.54, 1.807) is 0 Å². The van der Waals surface area contributed by atoms with Crippen LogP contribution in [0.3, 0.4) is 0 Å². The van der Waals surface area contributed by atoms with Crippen LogP contribution in [-0.4, -0.2) is 42.9 Å². The zero-order chi connectivity index (χ0) is 15.5. The third kappa shape index (κ3) is 3.97. The van der Waals surface area contributed by atoms with Gasteiger partial charge in [-0.15, -0.1) is 12.4 Å². The maximum absolute atomic E-state index is 12.9. The number of nitrogens with zero attached hydrogens (tertiary/aromatic N) is 1. The number of amides is 2. The first-order valence-electron chi connectivity index (χ1n) is 7.69. The summed E-state index contributed by atoms with van der Waals surface area (Å²) in [5.74, 6) is -0.174.